The van der Waals surface area contributed by atoms with Gasteiger partial charge in [-0.1, -0.05) is 24.3 Å². The molecule has 4 atom stereocenters. The lowest BCUT2D eigenvalue weighted by atomic mass is 9.61. The van der Waals surface area contributed by atoms with E-state index in [4.69, 9.17) is 9.47 Å². The Bertz CT molecular complexity index is 916. The van der Waals surface area contributed by atoms with Gasteiger partial charge in [-0.05, 0) is 120 Å². The Balaban J connectivity index is 1.25. The molecule has 0 saturated heterocycles. The largest absolute Gasteiger partial charge is 0.486 e. The molecule has 3 saturated carbocycles. The van der Waals surface area contributed by atoms with Crippen molar-refractivity contribution in [3.63, 3.8) is 0 Å². The van der Waals surface area contributed by atoms with E-state index in [0.717, 1.165) is 49.4 Å². The Morgan fingerprint density at radius 2 is 1.43 bits per heavy atom. The van der Waals surface area contributed by atoms with E-state index >= 15 is 0 Å². The third kappa shape index (κ3) is 6.34. The molecule has 192 valence electrons. The second kappa shape index (κ2) is 12.2. The molecule has 3 aliphatic rings. The number of carbonyl (C=O) groups is 1. The fourth-order valence-electron chi connectivity index (χ4n) is 6.79. The molecule has 5 heteroatoms. The second-order valence-corrected chi connectivity index (χ2v) is 10.8. The number of fused-ring (bicyclic) bond motifs is 1. The van der Waals surface area contributed by atoms with E-state index in [2.05, 4.69) is 19.1 Å². The number of hydrogen-bond donors (Lipinski definition) is 0. The molecule has 0 amide bonds. The van der Waals surface area contributed by atoms with Crippen molar-refractivity contribution in [2.24, 2.45) is 35.5 Å². The fraction of sp³-hybridized carbons (Fsp3) is 0.633. The standard InChI is InChI=1S/C30H40F2O3/c1-3-5-17-34-26-15-16-27(29(32)28(26)31)35-30(33)22-11-9-21(10-12-22)24-14-13-23-18-20(6-4-2)7-8-25(23)19-24/h3-6,15-16,20-25H,7-14,17-19H2,1-2H3/b5-3+,6-4+. The summed E-state index contributed by atoms with van der Waals surface area (Å²) in [5.74, 6) is 0.449. The van der Waals surface area contributed by atoms with E-state index in [-0.39, 0.29) is 24.0 Å². The normalized spacial score (nSPS) is 31.4. The zero-order valence-corrected chi connectivity index (χ0v) is 21.2. The molecule has 0 spiro atoms. The van der Waals surface area contributed by atoms with Gasteiger partial charge in [0.25, 0.3) is 0 Å². The summed E-state index contributed by atoms with van der Waals surface area (Å²) in [6.07, 6.45) is 19.7. The molecule has 0 N–H and O–H groups in total. The molecule has 0 bridgehead atoms. The van der Waals surface area contributed by atoms with Crippen molar-refractivity contribution in [3.8, 4) is 11.5 Å². The van der Waals surface area contributed by atoms with Crippen LogP contribution in [0.5, 0.6) is 11.5 Å². The Hall–Kier alpha value is -2.17. The Labute approximate surface area is 209 Å². The van der Waals surface area contributed by atoms with Crippen LogP contribution in [0.4, 0.5) is 8.78 Å². The first kappa shape index (κ1) is 25.9. The second-order valence-electron chi connectivity index (χ2n) is 10.8. The lowest BCUT2D eigenvalue weighted by molar-refractivity contribution is -0.140. The van der Waals surface area contributed by atoms with Crippen LogP contribution in [0, 0.1) is 47.1 Å². The first-order valence-electron chi connectivity index (χ1n) is 13.6. The first-order valence-corrected chi connectivity index (χ1v) is 13.6. The molecular formula is C30H40F2O3. The summed E-state index contributed by atoms with van der Waals surface area (Å²) in [5, 5.41) is 0. The van der Waals surface area contributed by atoms with Crippen molar-refractivity contribution in [2.75, 3.05) is 6.61 Å². The smallest absolute Gasteiger partial charge is 0.314 e. The average molecular weight is 487 g/mol. The molecule has 0 aliphatic heterocycles. The summed E-state index contributed by atoms with van der Waals surface area (Å²) in [7, 11) is 0. The molecule has 4 rings (SSSR count). The van der Waals surface area contributed by atoms with Crippen molar-refractivity contribution >= 4 is 5.97 Å². The van der Waals surface area contributed by atoms with Gasteiger partial charge in [-0.2, -0.15) is 8.78 Å². The molecule has 35 heavy (non-hydrogen) atoms. The minimum absolute atomic E-state index is 0.147. The van der Waals surface area contributed by atoms with Crippen LogP contribution in [0.25, 0.3) is 0 Å². The van der Waals surface area contributed by atoms with E-state index in [1.165, 1.54) is 50.7 Å². The number of hydrogen-bond acceptors (Lipinski definition) is 3. The number of carbonyl (C=O) groups excluding carboxylic acids is 1. The molecule has 1 aromatic rings. The topological polar surface area (TPSA) is 35.5 Å². The van der Waals surface area contributed by atoms with Crippen molar-refractivity contribution in [1.29, 1.82) is 0 Å². The Kier molecular flexibility index (Phi) is 9.02. The lowest BCUT2D eigenvalue weighted by Gasteiger charge is -2.45. The number of benzene rings is 1. The molecule has 3 fully saturated rings. The third-order valence-corrected chi connectivity index (χ3v) is 8.72. The predicted molar refractivity (Wildman–Crippen MR) is 134 cm³/mol. The van der Waals surface area contributed by atoms with Crippen LogP contribution >= 0.6 is 0 Å². The SMILES string of the molecule is C/C=C/COc1ccc(OC(=O)C2CCC(C3CCC4CC(/C=C/C)CCC4C3)CC2)c(F)c1F. The highest BCUT2D eigenvalue weighted by atomic mass is 19.2. The molecular weight excluding hydrogens is 446 g/mol. The van der Waals surface area contributed by atoms with Gasteiger partial charge in [-0.25, -0.2) is 0 Å². The minimum Gasteiger partial charge on any atom is -0.486 e. The van der Waals surface area contributed by atoms with E-state index in [1.807, 2.05) is 6.92 Å². The molecule has 3 nitrogen and oxygen atoms in total. The number of allylic oxidation sites excluding steroid dienone is 3. The number of esters is 1. The zero-order chi connectivity index (χ0) is 24.8. The van der Waals surface area contributed by atoms with Gasteiger partial charge in [0.1, 0.15) is 6.61 Å². The fourth-order valence-corrected chi connectivity index (χ4v) is 6.79. The maximum atomic E-state index is 14.5. The van der Waals surface area contributed by atoms with Gasteiger partial charge in [0.15, 0.2) is 11.5 Å². The zero-order valence-electron chi connectivity index (χ0n) is 21.2. The van der Waals surface area contributed by atoms with Crippen LogP contribution in [0.15, 0.2) is 36.4 Å². The average Bonchev–Trinajstić information content (AvgIpc) is 2.88. The van der Waals surface area contributed by atoms with Crippen molar-refractivity contribution < 1.29 is 23.0 Å². The highest BCUT2D eigenvalue weighted by molar-refractivity contribution is 5.75. The van der Waals surface area contributed by atoms with E-state index in [9.17, 15) is 13.6 Å². The molecule has 0 radical (unpaired) electrons. The van der Waals surface area contributed by atoms with Gasteiger partial charge in [-0.3, -0.25) is 4.79 Å². The third-order valence-electron chi connectivity index (χ3n) is 8.72. The molecule has 4 unspecified atom stereocenters. The van der Waals surface area contributed by atoms with Crippen LogP contribution in [-0.4, -0.2) is 12.6 Å². The lowest BCUT2D eigenvalue weighted by Crippen LogP contribution is -2.35. The first-order chi connectivity index (χ1) is 17.0. The monoisotopic (exact) mass is 486 g/mol. The summed E-state index contributed by atoms with van der Waals surface area (Å²) in [6.45, 7) is 4.09. The Morgan fingerprint density at radius 1 is 0.829 bits per heavy atom. The van der Waals surface area contributed by atoms with Crippen LogP contribution in [0.2, 0.25) is 0 Å². The van der Waals surface area contributed by atoms with Gasteiger partial charge >= 0.3 is 5.97 Å². The number of halogens is 2. The Morgan fingerprint density at radius 3 is 2.14 bits per heavy atom. The van der Waals surface area contributed by atoms with Crippen LogP contribution in [0.3, 0.4) is 0 Å². The molecule has 3 aliphatic carbocycles. The molecule has 0 heterocycles. The van der Waals surface area contributed by atoms with E-state index < -0.39 is 17.6 Å². The maximum Gasteiger partial charge on any atom is 0.314 e. The van der Waals surface area contributed by atoms with E-state index in [0.29, 0.717) is 5.92 Å². The summed E-state index contributed by atoms with van der Waals surface area (Å²) in [6, 6.07) is 2.58. The quantitative estimate of drug-likeness (QED) is 0.222. The summed E-state index contributed by atoms with van der Waals surface area (Å²) < 4.78 is 39.3. The van der Waals surface area contributed by atoms with Crippen LogP contribution < -0.4 is 9.47 Å². The summed E-state index contributed by atoms with van der Waals surface area (Å²) >= 11 is 0. The molecule has 1 aromatic carbocycles. The van der Waals surface area contributed by atoms with Gasteiger partial charge in [0.2, 0.25) is 11.6 Å². The van der Waals surface area contributed by atoms with Crippen LogP contribution in [0.1, 0.15) is 78.1 Å². The highest BCUT2D eigenvalue weighted by Crippen LogP contribution is 2.49. The van der Waals surface area contributed by atoms with Gasteiger partial charge in [-0.15, -0.1) is 0 Å². The molecule has 0 aromatic heterocycles. The van der Waals surface area contributed by atoms with E-state index in [1.54, 1.807) is 12.2 Å². The predicted octanol–water partition coefficient (Wildman–Crippen LogP) is 8.04. The van der Waals surface area contributed by atoms with Gasteiger partial charge in [0.05, 0.1) is 5.92 Å². The van der Waals surface area contributed by atoms with Crippen LogP contribution in [-0.2, 0) is 4.79 Å². The summed E-state index contributed by atoms with van der Waals surface area (Å²) in [4.78, 5) is 12.7. The van der Waals surface area contributed by atoms with Crippen molar-refractivity contribution in [3.05, 3.63) is 48.1 Å². The maximum absolute atomic E-state index is 14.5. The van der Waals surface area contributed by atoms with Crippen molar-refractivity contribution in [2.45, 2.75) is 78.1 Å². The highest BCUT2D eigenvalue weighted by Gasteiger charge is 2.39. The number of rotatable bonds is 7. The van der Waals surface area contributed by atoms with Gasteiger partial charge < -0.3 is 9.47 Å². The van der Waals surface area contributed by atoms with Crippen molar-refractivity contribution in [1.82, 2.24) is 0 Å². The van der Waals surface area contributed by atoms with Gasteiger partial charge in [0, 0.05) is 0 Å². The minimum atomic E-state index is -1.18. The summed E-state index contributed by atoms with van der Waals surface area (Å²) in [5.41, 5.74) is 0. The number of ether oxygens (including phenoxy) is 2.